The smallest absolute Gasteiger partial charge is 0.470 e. The van der Waals surface area contributed by atoms with Gasteiger partial charge >= 0.3 is 18.1 Å². The Kier molecular flexibility index (Phi) is 6.49. The number of furan rings is 1. The molecule has 0 N–H and O–H groups in total. The summed E-state index contributed by atoms with van der Waals surface area (Å²) in [5.41, 5.74) is 3.72. The van der Waals surface area contributed by atoms with Crippen LogP contribution in [0.5, 0.6) is 0 Å². The maximum Gasteiger partial charge on any atom is 0.470 e. The molecule has 0 aliphatic carbocycles. The van der Waals surface area contributed by atoms with E-state index < -0.39 is 12.1 Å². The third-order valence-corrected chi connectivity index (χ3v) is 6.08. The number of urea groups is 1. The van der Waals surface area contributed by atoms with Gasteiger partial charge in [0.1, 0.15) is 0 Å². The molecule has 10 heteroatoms. The normalized spacial score (nSPS) is 14.1. The number of rotatable bonds is 5. The lowest BCUT2D eigenvalue weighted by Gasteiger charge is -2.33. The number of carbonyl (C=O) groups is 1. The molecule has 0 spiro atoms. The maximum atomic E-state index is 13.6. The zero-order valence-corrected chi connectivity index (χ0v) is 19.2. The lowest BCUT2D eigenvalue weighted by Crippen LogP contribution is -2.45. The van der Waals surface area contributed by atoms with Gasteiger partial charge in [0.05, 0.1) is 19.1 Å². The molecular weight excluding hydrogens is 473 g/mol. The summed E-state index contributed by atoms with van der Waals surface area (Å²) in [7, 11) is 0. The van der Waals surface area contributed by atoms with Gasteiger partial charge in [0.25, 0.3) is 0 Å². The molecule has 1 saturated heterocycles. The number of alkyl halides is 3. The van der Waals surface area contributed by atoms with Crippen molar-refractivity contribution in [1.82, 2.24) is 15.1 Å². The summed E-state index contributed by atoms with van der Waals surface area (Å²) < 4.78 is 48.3. The SMILES string of the molecule is O=C(N1CCCCC1)N(Cc1ccc(-c2nnc(C(F)(F)F)o2)cc1)c1cccc(-c2ccoc2)c1. The van der Waals surface area contributed by atoms with Crippen LogP contribution in [0.3, 0.4) is 0 Å². The summed E-state index contributed by atoms with van der Waals surface area (Å²) in [6.45, 7) is 1.69. The number of halogens is 3. The first-order valence-electron chi connectivity index (χ1n) is 11.6. The van der Waals surface area contributed by atoms with Crippen LogP contribution in [0, 0.1) is 0 Å². The monoisotopic (exact) mass is 496 g/mol. The van der Waals surface area contributed by atoms with Gasteiger partial charge in [-0.3, -0.25) is 4.90 Å². The van der Waals surface area contributed by atoms with Crippen molar-refractivity contribution in [1.29, 1.82) is 0 Å². The van der Waals surface area contributed by atoms with E-state index in [1.807, 2.05) is 35.2 Å². The summed E-state index contributed by atoms with van der Waals surface area (Å²) in [6, 6.07) is 16.1. The first kappa shape index (κ1) is 23.7. The summed E-state index contributed by atoms with van der Waals surface area (Å²) >= 11 is 0. The molecule has 1 aliphatic heterocycles. The van der Waals surface area contributed by atoms with E-state index in [1.165, 1.54) is 0 Å². The molecule has 7 nitrogen and oxygen atoms in total. The highest BCUT2D eigenvalue weighted by Crippen LogP contribution is 2.31. The van der Waals surface area contributed by atoms with Crippen LogP contribution in [0.4, 0.5) is 23.7 Å². The molecule has 2 aromatic heterocycles. The van der Waals surface area contributed by atoms with Gasteiger partial charge in [-0.05, 0) is 60.7 Å². The van der Waals surface area contributed by atoms with Gasteiger partial charge in [-0.15, -0.1) is 10.2 Å². The van der Waals surface area contributed by atoms with Gasteiger partial charge in [-0.1, -0.05) is 24.3 Å². The minimum Gasteiger partial charge on any atom is -0.472 e. The van der Waals surface area contributed by atoms with E-state index >= 15 is 0 Å². The Bertz CT molecular complexity index is 1310. The number of likely N-dealkylation sites (tertiary alicyclic amines) is 1. The van der Waals surface area contributed by atoms with E-state index in [1.54, 1.807) is 41.7 Å². The van der Waals surface area contributed by atoms with Gasteiger partial charge < -0.3 is 13.7 Å². The minimum absolute atomic E-state index is 0.0881. The number of aromatic nitrogens is 2. The van der Waals surface area contributed by atoms with Crippen LogP contribution in [0.2, 0.25) is 0 Å². The molecule has 186 valence electrons. The van der Waals surface area contributed by atoms with Crippen molar-refractivity contribution < 1.29 is 26.8 Å². The van der Waals surface area contributed by atoms with E-state index in [4.69, 9.17) is 8.83 Å². The number of nitrogens with zero attached hydrogens (tertiary/aromatic N) is 4. The van der Waals surface area contributed by atoms with E-state index in [2.05, 4.69) is 10.2 Å². The fraction of sp³-hybridized carbons (Fsp3) is 0.269. The second-order valence-corrected chi connectivity index (χ2v) is 8.59. The molecule has 0 saturated carbocycles. The van der Waals surface area contributed by atoms with Crippen LogP contribution in [0.15, 0.2) is 76.0 Å². The van der Waals surface area contributed by atoms with Crippen molar-refractivity contribution in [3.8, 4) is 22.6 Å². The Morgan fingerprint density at radius 3 is 2.39 bits per heavy atom. The fourth-order valence-corrected chi connectivity index (χ4v) is 4.20. The number of anilines is 1. The predicted octanol–water partition coefficient (Wildman–Crippen LogP) is 6.63. The van der Waals surface area contributed by atoms with Gasteiger partial charge in [0.2, 0.25) is 5.89 Å². The molecule has 1 aliphatic rings. The van der Waals surface area contributed by atoms with Gasteiger partial charge in [-0.2, -0.15) is 13.2 Å². The molecular formula is C26H23F3N4O3. The van der Waals surface area contributed by atoms with Crippen molar-refractivity contribution in [3.63, 3.8) is 0 Å². The predicted molar refractivity (Wildman–Crippen MR) is 126 cm³/mol. The van der Waals surface area contributed by atoms with Crippen molar-refractivity contribution in [2.75, 3.05) is 18.0 Å². The molecule has 1 fully saturated rings. The third-order valence-electron chi connectivity index (χ3n) is 6.08. The van der Waals surface area contributed by atoms with Crippen molar-refractivity contribution in [2.45, 2.75) is 32.0 Å². The standard InChI is InChI=1S/C26H23F3N4O3/c27-26(28,29)24-31-30-23(36-24)19-9-7-18(8-10-19)16-33(25(34)32-12-2-1-3-13-32)22-6-4-5-20(15-22)21-11-14-35-17-21/h4-11,14-15,17H,1-3,12-13,16H2. The second-order valence-electron chi connectivity index (χ2n) is 8.59. The number of hydrogen-bond acceptors (Lipinski definition) is 5. The van der Waals surface area contributed by atoms with E-state index in [-0.39, 0.29) is 18.5 Å². The Morgan fingerprint density at radius 2 is 1.72 bits per heavy atom. The van der Waals surface area contributed by atoms with Gasteiger partial charge in [-0.25, -0.2) is 4.79 Å². The van der Waals surface area contributed by atoms with Crippen LogP contribution in [-0.4, -0.2) is 34.2 Å². The molecule has 36 heavy (non-hydrogen) atoms. The molecule has 5 rings (SSSR count). The lowest BCUT2D eigenvalue weighted by molar-refractivity contribution is -0.156. The van der Waals surface area contributed by atoms with Crippen LogP contribution in [0.25, 0.3) is 22.6 Å². The fourth-order valence-electron chi connectivity index (χ4n) is 4.20. The Hall–Kier alpha value is -4.08. The number of hydrogen-bond donors (Lipinski definition) is 0. The number of piperidine rings is 1. The lowest BCUT2D eigenvalue weighted by atomic mass is 10.1. The molecule has 4 aromatic rings. The van der Waals surface area contributed by atoms with Crippen LogP contribution in [0.1, 0.15) is 30.7 Å². The topological polar surface area (TPSA) is 75.6 Å². The van der Waals surface area contributed by atoms with Crippen LogP contribution < -0.4 is 4.90 Å². The average molecular weight is 496 g/mol. The molecule has 2 aromatic carbocycles. The summed E-state index contributed by atoms with van der Waals surface area (Å²) in [6.07, 6.45) is 1.58. The molecule has 0 unspecified atom stereocenters. The molecule has 3 heterocycles. The quantitative estimate of drug-likeness (QED) is 0.310. The zero-order chi connectivity index (χ0) is 25.1. The largest absolute Gasteiger partial charge is 0.472 e. The first-order chi connectivity index (χ1) is 17.4. The summed E-state index contributed by atoms with van der Waals surface area (Å²) in [5, 5.41) is 6.57. The van der Waals surface area contributed by atoms with E-state index in [9.17, 15) is 18.0 Å². The zero-order valence-electron chi connectivity index (χ0n) is 19.2. The van der Waals surface area contributed by atoms with Crippen molar-refractivity contribution in [2.24, 2.45) is 0 Å². The number of carbonyl (C=O) groups excluding carboxylic acids is 1. The summed E-state index contributed by atoms with van der Waals surface area (Å²) in [4.78, 5) is 17.2. The van der Waals surface area contributed by atoms with Gasteiger partial charge in [0, 0.05) is 29.9 Å². The van der Waals surface area contributed by atoms with E-state index in [0.717, 1.165) is 41.6 Å². The highest BCUT2D eigenvalue weighted by Gasteiger charge is 2.38. The average Bonchev–Trinajstić information content (AvgIpc) is 3.61. The van der Waals surface area contributed by atoms with Gasteiger partial charge in [0.15, 0.2) is 0 Å². The molecule has 0 bridgehead atoms. The molecule has 2 amide bonds. The number of benzene rings is 2. The third kappa shape index (κ3) is 5.12. The van der Waals surface area contributed by atoms with Crippen LogP contribution in [-0.2, 0) is 12.7 Å². The Labute approximate surface area is 205 Å². The van der Waals surface area contributed by atoms with E-state index in [0.29, 0.717) is 18.7 Å². The van der Waals surface area contributed by atoms with Crippen LogP contribution >= 0.6 is 0 Å². The second kappa shape index (κ2) is 9.88. The highest BCUT2D eigenvalue weighted by molar-refractivity contribution is 5.92. The Balaban J connectivity index is 1.42. The molecule has 0 atom stereocenters. The van der Waals surface area contributed by atoms with Crippen molar-refractivity contribution in [3.05, 3.63) is 78.6 Å². The summed E-state index contributed by atoms with van der Waals surface area (Å²) in [5.74, 6) is -1.61. The minimum atomic E-state index is -4.70. The molecule has 0 radical (unpaired) electrons. The maximum absolute atomic E-state index is 13.6. The number of amides is 2. The highest BCUT2D eigenvalue weighted by atomic mass is 19.4. The first-order valence-corrected chi connectivity index (χ1v) is 11.6. The van der Waals surface area contributed by atoms with Crippen molar-refractivity contribution >= 4 is 11.7 Å². The Morgan fingerprint density at radius 1 is 0.944 bits per heavy atom.